The highest BCUT2D eigenvalue weighted by Crippen LogP contribution is 2.16. The molecule has 21 heavy (non-hydrogen) atoms. The summed E-state index contributed by atoms with van der Waals surface area (Å²) in [4.78, 5) is 22.7. The third-order valence-corrected chi connectivity index (χ3v) is 2.21. The highest BCUT2D eigenvalue weighted by Gasteiger charge is 2.13. The lowest BCUT2D eigenvalue weighted by atomic mass is 10.2. The molecule has 1 N–H and O–H groups in total. The SMILES string of the molecule is C=C(CNC(=O)CC(=O)OCC(C)C)/C(F)=C(F)\C=C/C. The van der Waals surface area contributed by atoms with Gasteiger partial charge in [0.25, 0.3) is 0 Å². The van der Waals surface area contributed by atoms with Crippen molar-refractivity contribution >= 4 is 11.9 Å². The molecule has 0 saturated carbocycles. The van der Waals surface area contributed by atoms with E-state index in [1.165, 1.54) is 6.08 Å². The summed E-state index contributed by atoms with van der Waals surface area (Å²) in [5.41, 5.74) is -0.213. The van der Waals surface area contributed by atoms with Crippen molar-refractivity contribution in [1.29, 1.82) is 0 Å². The molecule has 0 rings (SSSR count). The molecule has 0 aromatic rings. The lowest BCUT2D eigenvalue weighted by Gasteiger charge is -2.08. The number of esters is 1. The molecule has 0 heterocycles. The summed E-state index contributed by atoms with van der Waals surface area (Å²) in [6, 6.07) is 0. The first-order valence-corrected chi connectivity index (χ1v) is 6.56. The average molecular weight is 301 g/mol. The van der Waals surface area contributed by atoms with Gasteiger partial charge in [0.2, 0.25) is 5.91 Å². The first-order chi connectivity index (χ1) is 9.77. The molecule has 0 unspecified atom stereocenters. The third-order valence-electron chi connectivity index (χ3n) is 2.21. The standard InChI is InChI=1S/C15H21F2NO3/c1-5-6-12(16)15(17)11(4)8-18-13(19)7-14(20)21-9-10(2)3/h5-6,10H,4,7-9H2,1-3H3,(H,18,19)/b6-5-,15-12-. The molecule has 6 heteroatoms. The zero-order valence-electron chi connectivity index (χ0n) is 12.5. The maximum atomic E-state index is 13.4. The van der Waals surface area contributed by atoms with Crippen molar-refractivity contribution in [3.05, 3.63) is 36.0 Å². The van der Waals surface area contributed by atoms with Gasteiger partial charge in [0, 0.05) is 12.1 Å². The minimum absolute atomic E-state index is 0.172. The normalized spacial score (nSPS) is 12.3. The largest absolute Gasteiger partial charge is 0.465 e. The van der Waals surface area contributed by atoms with Crippen LogP contribution in [0.5, 0.6) is 0 Å². The molecular formula is C15H21F2NO3. The smallest absolute Gasteiger partial charge is 0.315 e. The number of halogens is 2. The van der Waals surface area contributed by atoms with Crippen LogP contribution in [0, 0.1) is 5.92 Å². The second-order valence-corrected chi connectivity index (χ2v) is 4.80. The van der Waals surface area contributed by atoms with Crippen LogP contribution in [0.25, 0.3) is 0 Å². The molecule has 0 bridgehead atoms. The number of nitrogens with one attached hydrogen (secondary N) is 1. The first-order valence-electron chi connectivity index (χ1n) is 6.56. The van der Waals surface area contributed by atoms with E-state index in [4.69, 9.17) is 4.74 Å². The summed E-state index contributed by atoms with van der Waals surface area (Å²) in [5, 5.41) is 2.27. The van der Waals surface area contributed by atoms with Crippen molar-refractivity contribution in [3.63, 3.8) is 0 Å². The summed E-state index contributed by atoms with van der Waals surface area (Å²) >= 11 is 0. The van der Waals surface area contributed by atoms with Gasteiger partial charge in [-0.1, -0.05) is 26.5 Å². The molecule has 0 fully saturated rings. The Balaban J connectivity index is 4.22. The van der Waals surface area contributed by atoms with E-state index in [9.17, 15) is 18.4 Å². The maximum absolute atomic E-state index is 13.4. The Morgan fingerprint density at radius 1 is 1.33 bits per heavy atom. The highest BCUT2D eigenvalue weighted by atomic mass is 19.2. The number of rotatable bonds is 8. The zero-order chi connectivity index (χ0) is 16.4. The van der Waals surface area contributed by atoms with Crippen molar-refractivity contribution < 1.29 is 23.1 Å². The van der Waals surface area contributed by atoms with Gasteiger partial charge >= 0.3 is 5.97 Å². The number of hydrogen-bond acceptors (Lipinski definition) is 3. The van der Waals surface area contributed by atoms with Gasteiger partial charge in [-0.05, 0) is 18.9 Å². The van der Waals surface area contributed by atoms with Crippen LogP contribution in [-0.4, -0.2) is 25.0 Å². The Kier molecular flexibility index (Phi) is 8.92. The number of carbonyl (C=O) groups is 2. The Morgan fingerprint density at radius 3 is 2.48 bits per heavy atom. The Bertz CT molecular complexity index is 454. The maximum Gasteiger partial charge on any atom is 0.315 e. The van der Waals surface area contributed by atoms with Crippen LogP contribution in [0.1, 0.15) is 27.2 Å². The van der Waals surface area contributed by atoms with Gasteiger partial charge in [0.05, 0.1) is 6.61 Å². The lowest BCUT2D eigenvalue weighted by Crippen LogP contribution is -2.28. The van der Waals surface area contributed by atoms with Crippen molar-refractivity contribution in [2.24, 2.45) is 5.92 Å². The monoisotopic (exact) mass is 301 g/mol. The number of allylic oxidation sites excluding steroid dienone is 3. The highest BCUT2D eigenvalue weighted by molar-refractivity contribution is 5.94. The molecule has 1 amide bonds. The summed E-state index contributed by atoms with van der Waals surface area (Å²) in [7, 11) is 0. The predicted octanol–water partition coefficient (Wildman–Crippen LogP) is 2.97. The molecule has 4 nitrogen and oxygen atoms in total. The fraction of sp³-hybridized carbons (Fsp3) is 0.467. The number of carbonyl (C=O) groups excluding carboxylic acids is 2. The number of ether oxygens (including phenoxy) is 1. The Labute approximate surface area is 123 Å². The molecule has 0 aliphatic rings. The summed E-state index contributed by atoms with van der Waals surface area (Å²) in [6.07, 6.45) is 1.82. The molecular weight excluding hydrogens is 280 g/mol. The second-order valence-electron chi connectivity index (χ2n) is 4.80. The minimum Gasteiger partial charge on any atom is -0.465 e. The minimum atomic E-state index is -1.13. The van der Waals surface area contributed by atoms with E-state index in [-0.39, 0.29) is 24.6 Å². The van der Waals surface area contributed by atoms with Crippen LogP contribution in [0.15, 0.2) is 36.0 Å². The lowest BCUT2D eigenvalue weighted by molar-refractivity contribution is -0.147. The quantitative estimate of drug-likeness (QED) is 0.426. The summed E-state index contributed by atoms with van der Waals surface area (Å²) < 4.78 is 31.4. The Hall–Kier alpha value is -1.98. The Morgan fingerprint density at radius 2 is 1.95 bits per heavy atom. The first kappa shape index (κ1) is 19.0. The molecule has 0 saturated heterocycles. The van der Waals surface area contributed by atoms with Crippen molar-refractivity contribution in [3.8, 4) is 0 Å². The topological polar surface area (TPSA) is 55.4 Å². The van der Waals surface area contributed by atoms with E-state index >= 15 is 0 Å². The van der Waals surface area contributed by atoms with Crippen LogP contribution in [-0.2, 0) is 14.3 Å². The van der Waals surface area contributed by atoms with Crippen LogP contribution in [0.4, 0.5) is 8.78 Å². The van der Waals surface area contributed by atoms with Crippen molar-refractivity contribution in [2.75, 3.05) is 13.2 Å². The predicted molar refractivity (Wildman–Crippen MR) is 76.6 cm³/mol. The fourth-order valence-corrected chi connectivity index (χ4v) is 1.18. The molecule has 0 spiro atoms. The average Bonchev–Trinajstić information content (AvgIpc) is 2.41. The van der Waals surface area contributed by atoms with Crippen LogP contribution >= 0.6 is 0 Å². The van der Waals surface area contributed by atoms with Gasteiger partial charge in [-0.2, -0.15) is 0 Å². The van der Waals surface area contributed by atoms with Crippen molar-refractivity contribution in [1.82, 2.24) is 5.32 Å². The van der Waals surface area contributed by atoms with E-state index < -0.39 is 30.0 Å². The summed E-state index contributed by atoms with van der Waals surface area (Å²) in [5.74, 6) is -3.32. The fourth-order valence-electron chi connectivity index (χ4n) is 1.18. The van der Waals surface area contributed by atoms with Gasteiger partial charge < -0.3 is 10.1 Å². The van der Waals surface area contributed by atoms with Crippen LogP contribution in [0.3, 0.4) is 0 Å². The number of amides is 1. The molecule has 0 aliphatic heterocycles. The summed E-state index contributed by atoms with van der Waals surface area (Å²) in [6.45, 7) is 8.55. The van der Waals surface area contributed by atoms with Gasteiger partial charge in [-0.15, -0.1) is 0 Å². The van der Waals surface area contributed by atoms with Crippen molar-refractivity contribution in [2.45, 2.75) is 27.2 Å². The third kappa shape index (κ3) is 8.73. The molecule has 118 valence electrons. The van der Waals surface area contributed by atoms with E-state index in [0.717, 1.165) is 6.08 Å². The molecule has 0 atom stereocenters. The van der Waals surface area contributed by atoms with Gasteiger partial charge in [-0.3, -0.25) is 9.59 Å². The van der Waals surface area contributed by atoms with Gasteiger partial charge in [-0.25, -0.2) is 8.78 Å². The zero-order valence-corrected chi connectivity index (χ0v) is 12.5. The van der Waals surface area contributed by atoms with Gasteiger partial charge in [0.15, 0.2) is 11.7 Å². The molecule has 0 aromatic carbocycles. The van der Waals surface area contributed by atoms with Crippen LogP contribution in [0.2, 0.25) is 0 Å². The van der Waals surface area contributed by atoms with E-state index in [1.807, 2.05) is 13.8 Å². The second kappa shape index (κ2) is 9.85. The molecule has 0 radical (unpaired) electrons. The van der Waals surface area contributed by atoms with E-state index in [2.05, 4.69) is 11.9 Å². The molecule has 0 aliphatic carbocycles. The molecule has 0 aromatic heterocycles. The van der Waals surface area contributed by atoms with Crippen LogP contribution < -0.4 is 5.32 Å². The van der Waals surface area contributed by atoms with E-state index in [0.29, 0.717) is 0 Å². The number of hydrogen-bond donors (Lipinski definition) is 1. The van der Waals surface area contributed by atoms with E-state index in [1.54, 1.807) is 6.92 Å². The van der Waals surface area contributed by atoms with Gasteiger partial charge in [0.1, 0.15) is 6.42 Å².